The van der Waals surface area contributed by atoms with Crippen molar-refractivity contribution in [2.75, 3.05) is 17.6 Å². The molecule has 0 unspecified atom stereocenters. The maximum absolute atomic E-state index is 12.8. The molecular formula is C23H26ClN5O5. The zero-order valence-electron chi connectivity index (χ0n) is 19.0. The molecular weight excluding hydrogens is 462 g/mol. The fourth-order valence-corrected chi connectivity index (χ4v) is 3.44. The first-order valence-corrected chi connectivity index (χ1v) is 10.9. The molecule has 2 heterocycles. The van der Waals surface area contributed by atoms with E-state index in [-0.39, 0.29) is 17.3 Å². The number of anilines is 2. The van der Waals surface area contributed by atoms with Gasteiger partial charge in [-0.15, -0.1) is 0 Å². The van der Waals surface area contributed by atoms with Crippen molar-refractivity contribution in [2.45, 2.75) is 39.3 Å². The third-order valence-electron chi connectivity index (χ3n) is 4.75. The van der Waals surface area contributed by atoms with Crippen LogP contribution < -0.4 is 11.1 Å². The van der Waals surface area contributed by atoms with Crippen molar-refractivity contribution < 1.29 is 19.6 Å². The molecule has 3 rings (SSSR count). The highest BCUT2D eigenvalue weighted by Gasteiger charge is 2.24. The number of ether oxygens (including phenoxy) is 1. The van der Waals surface area contributed by atoms with Gasteiger partial charge in [-0.25, -0.2) is 9.78 Å². The Bertz CT molecular complexity index is 1220. The quantitative estimate of drug-likeness (QED) is 0.177. The van der Waals surface area contributed by atoms with Crippen LogP contribution in [-0.4, -0.2) is 37.7 Å². The van der Waals surface area contributed by atoms with Crippen LogP contribution in [0.3, 0.4) is 0 Å². The van der Waals surface area contributed by atoms with Gasteiger partial charge in [0.1, 0.15) is 17.2 Å². The lowest BCUT2D eigenvalue weighted by atomic mass is 10.0. The second kappa shape index (κ2) is 10.0. The summed E-state index contributed by atoms with van der Waals surface area (Å²) in [5.41, 5.74) is 6.01. The van der Waals surface area contributed by atoms with E-state index in [1.807, 2.05) is 4.57 Å². The Morgan fingerprint density at radius 2 is 2.00 bits per heavy atom. The van der Waals surface area contributed by atoms with Gasteiger partial charge in [-0.2, -0.15) is 0 Å². The van der Waals surface area contributed by atoms with Crippen LogP contribution in [0.15, 0.2) is 42.7 Å². The molecule has 4 N–H and O–H groups in total. The number of phenols is 1. The number of aryl methyl sites for hydroxylation is 1. The molecule has 1 aromatic carbocycles. The van der Waals surface area contributed by atoms with Gasteiger partial charge in [-0.05, 0) is 51.5 Å². The molecule has 2 aromatic heterocycles. The normalized spacial score (nSPS) is 11.3. The summed E-state index contributed by atoms with van der Waals surface area (Å²) in [6.45, 7) is 6.40. The van der Waals surface area contributed by atoms with Crippen LogP contribution in [0.1, 0.15) is 37.6 Å². The van der Waals surface area contributed by atoms with Crippen LogP contribution in [0.2, 0.25) is 5.02 Å². The summed E-state index contributed by atoms with van der Waals surface area (Å²) in [7, 11) is 0. The van der Waals surface area contributed by atoms with Crippen LogP contribution in [0, 0.1) is 10.1 Å². The molecule has 10 nitrogen and oxygen atoms in total. The molecule has 0 bridgehead atoms. The average Bonchev–Trinajstić information content (AvgIpc) is 3.14. The molecule has 0 aliphatic carbocycles. The van der Waals surface area contributed by atoms with E-state index in [1.165, 1.54) is 18.2 Å². The summed E-state index contributed by atoms with van der Waals surface area (Å²) in [5.74, 6) is -0.274. The van der Waals surface area contributed by atoms with Crippen molar-refractivity contribution in [1.82, 2.24) is 9.55 Å². The maximum atomic E-state index is 12.8. The van der Waals surface area contributed by atoms with Crippen LogP contribution in [0.5, 0.6) is 5.75 Å². The number of phenolic OH excluding ortho intramolecular Hbond substituents is 1. The first kappa shape index (κ1) is 24.8. The lowest BCUT2D eigenvalue weighted by Gasteiger charge is -2.19. The van der Waals surface area contributed by atoms with Crippen molar-refractivity contribution in [3.05, 3.63) is 63.4 Å². The Labute approximate surface area is 201 Å². The highest BCUT2D eigenvalue weighted by molar-refractivity contribution is 6.30. The van der Waals surface area contributed by atoms with Gasteiger partial charge in [0.2, 0.25) is 5.82 Å². The van der Waals surface area contributed by atoms with Crippen molar-refractivity contribution in [1.29, 1.82) is 0 Å². The molecule has 3 aromatic rings. The van der Waals surface area contributed by atoms with E-state index in [1.54, 1.807) is 45.3 Å². The van der Waals surface area contributed by atoms with E-state index < -0.39 is 16.5 Å². The van der Waals surface area contributed by atoms with E-state index in [0.29, 0.717) is 47.0 Å². The molecule has 0 radical (unpaired) electrons. The van der Waals surface area contributed by atoms with E-state index in [2.05, 4.69) is 10.3 Å². The minimum atomic E-state index is -0.679. The molecule has 0 fully saturated rings. The van der Waals surface area contributed by atoms with Crippen molar-refractivity contribution in [3.63, 3.8) is 0 Å². The number of hydrogen-bond donors (Lipinski definition) is 3. The topological polar surface area (TPSA) is 146 Å². The van der Waals surface area contributed by atoms with E-state index in [9.17, 15) is 20.0 Å². The summed E-state index contributed by atoms with van der Waals surface area (Å²) in [5, 5.41) is 24.7. The van der Waals surface area contributed by atoms with E-state index in [0.717, 1.165) is 0 Å². The SMILES string of the molecule is CC(C)(C)OC(=O)c1cn(CCCNc2ccc([N+](=O)[O-])c(N)n2)cc1-c1ccc(Cl)cc1O. The number of esters is 1. The molecule has 0 saturated heterocycles. The van der Waals surface area contributed by atoms with Crippen molar-refractivity contribution in [3.8, 4) is 16.9 Å². The number of benzene rings is 1. The molecule has 0 amide bonds. The van der Waals surface area contributed by atoms with E-state index >= 15 is 0 Å². The van der Waals surface area contributed by atoms with Gasteiger partial charge in [0.05, 0.1) is 10.5 Å². The fourth-order valence-electron chi connectivity index (χ4n) is 3.28. The van der Waals surface area contributed by atoms with Crippen LogP contribution >= 0.6 is 11.6 Å². The molecule has 0 aliphatic rings. The van der Waals surface area contributed by atoms with Gasteiger partial charge in [-0.3, -0.25) is 10.1 Å². The highest BCUT2D eigenvalue weighted by atomic mass is 35.5. The Kier molecular flexibility index (Phi) is 7.31. The fraction of sp³-hybridized carbons (Fsp3) is 0.304. The number of halogens is 1. The number of nitrogens with one attached hydrogen (secondary N) is 1. The third-order valence-corrected chi connectivity index (χ3v) is 4.98. The van der Waals surface area contributed by atoms with Crippen molar-refractivity contribution >= 4 is 34.9 Å². The predicted molar refractivity (Wildman–Crippen MR) is 130 cm³/mol. The number of carbonyl (C=O) groups is 1. The molecule has 0 atom stereocenters. The van der Waals surface area contributed by atoms with Gasteiger partial charge in [0.25, 0.3) is 0 Å². The maximum Gasteiger partial charge on any atom is 0.340 e. The summed E-state index contributed by atoms with van der Waals surface area (Å²) in [4.78, 5) is 27.1. The Hall–Kier alpha value is -3.79. The van der Waals surface area contributed by atoms with Crippen LogP contribution in [0.25, 0.3) is 11.1 Å². The second-order valence-electron chi connectivity index (χ2n) is 8.63. The number of nitrogens with zero attached hydrogens (tertiary/aromatic N) is 3. The molecule has 0 saturated carbocycles. The number of pyridine rings is 1. The number of aromatic hydroxyl groups is 1. The molecule has 0 spiro atoms. The zero-order valence-corrected chi connectivity index (χ0v) is 19.8. The molecule has 180 valence electrons. The van der Waals surface area contributed by atoms with Gasteiger partial charge in [-0.1, -0.05) is 11.6 Å². The average molecular weight is 488 g/mol. The summed E-state index contributed by atoms with van der Waals surface area (Å²) >= 11 is 5.96. The van der Waals surface area contributed by atoms with Gasteiger partial charge < -0.3 is 25.5 Å². The van der Waals surface area contributed by atoms with Gasteiger partial charge >= 0.3 is 11.7 Å². The number of rotatable bonds is 8. The Morgan fingerprint density at radius 1 is 1.26 bits per heavy atom. The first-order chi connectivity index (χ1) is 15.9. The number of nitrogens with two attached hydrogens (primary N) is 1. The molecule has 11 heteroatoms. The van der Waals surface area contributed by atoms with Crippen LogP contribution in [-0.2, 0) is 11.3 Å². The second-order valence-corrected chi connectivity index (χ2v) is 9.06. The largest absolute Gasteiger partial charge is 0.507 e. The predicted octanol–water partition coefficient (Wildman–Crippen LogP) is 4.86. The van der Waals surface area contributed by atoms with Crippen molar-refractivity contribution in [2.24, 2.45) is 0 Å². The first-order valence-electron chi connectivity index (χ1n) is 10.5. The minimum Gasteiger partial charge on any atom is -0.507 e. The Morgan fingerprint density at radius 3 is 2.62 bits per heavy atom. The smallest absolute Gasteiger partial charge is 0.340 e. The summed E-state index contributed by atoms with van der Waals surface area (Å²) in [6, 6.07) is 7.50. The number of aromatic nitrogens is 2. The number of nitro groups is 1. The number of nitrogen functional groups attached to an aromatic ring is 1. The minimum absolute atomic E-state index is 0.0430. The number of hydrogen-bond acceptors (Lipinski definition) is 8. The van der Waals surface area contributed by atoms with E-state index in [4.69, 9.17) is 22.1 Å². The lowest BCUT2D eigenvalue weighted by molar-refractivity contribution is -0.384. The van der Waals surface area contributed by atoms with Crippen LogP contribution in [0.4, 0.5) is 17.3 Å². The lowest BCUT2D eigenvalue weighted by Crippen LogP contribution is -2.24. The standard InChI is InChI=1S/C23H26ClN5O5/c1-23(2,3)34-22(31)17-13-28(12-16(17)15-6-5-14(24)11-19(15)30)10-4-9-26-20-8-7-18(29(32)33)21(25)27-20/h5-8,11-13,30H,4,9-10H2,1-3H3,(H3,25,26,27). The monoisotopic (exact) mass is 487 g/mol. The third kappa shape index (κ3) is 6.16. The molecule has 0 aliphatic heterocycles. The van der Waals surface area contributed by atoms with Gasteiger partial charge in [0.15, 0.2) is 0 Å². The molecule has 34 heavy (non-hydrogen) atoms. The van der Waals surface area contributed by atoms with Gasteiger partial charge in [0, 0.05) is 47.7 Å². The number of carbonyl (C=O) groups excluding carboxylic acids is 1. The summed E-state index contributed by atoms with van der Waals surface area (Å²) in [6.07, 6.45) is 4.09. The summed E-state index contributed by atoms with van der Waals surface area (Å²) < 4.78 is 7.38. The zero-order chi connectivity index (χ0) is 25.0. The Balaban J connectivity index is 1.75. The highest BCUT2D eigenvalue weighted by Crippen LogP contribution is 2.35.